The fourth-order valence-corrected chi connectivity index (χ4v) is 2.37. The molecule has 2 rings (SSSR count). The molecule has 0 radical (unpaired) electrons. The summed E-state index contributed by atoms with van der Waals surface area (Å²) in [5.74, 6) is 0. The van der Waals surface area contributed by atoms with Gasteiger partial charge in [0, 0.05) is 56.2 Å². The number of aromatic nitrogens is 2. The zero-order valence-corrected chi connectivity index (χ0v) is 13.9. The van der Waals surface area contributed by atoms with Gasteiger partial charge in [-0.1, -0.05) is 20.8 Å². The number of nitrogens with one attached hydrogen (secondary N) is 1. The van der Waals surface area contributed by atoms with E-state index in [1.165, 1.54) is 11.3 Å². The lowest BCUT2D eigenvalue weighted by Crippen LogP contribution is -2.16. The van der Waals surface area contributed by atoms with E-state index in [0.29, 0.717) is 0 Å². The van der Waals surface area contributed by atoms with Crippen molar-refractivity contribution in [2.45, 2.75) is 32.7 Å². The van der Waals surface area contributed by atoms with Gasteiger partial charge in [-0.3, -0.25) is 4.68 Å². The Kier molecular flexibility index (Phi) is 4.26. The van der Waals surface area contributed by atoms with Crippen molar-refractivity contribution < 1.29 is 0 Å². The Morgan fingerprint density at radius 2 is 1.76 bits per heavy atom. The van der Waals surface area contributed by atoms with Gasteiger partial charge >= 0.3 is 0 Å². The van der Waals surface area contributed by atoms with Crippen LogP contribution in [0, 0.1) is 0 Å². The molecule has 2 aromatic rings. The van der Waals surface area contributed by atoms with Crippen molar-refractivity contribution in [3.05, 3.63) is 41.7 Å². The molecule has 1 heterocycles. The van der Waals surface area contributed by atoms with Crippen LogP contribution in [-0.2, 0) is 19.0 Å². The molecule has 0 atom stereocenters. The van der Waals surface area contributed by atoms with Gasteiger partial charge < -0.3 is 10.2 Å². The summed E-state index contributed by atoms with van der Waals surface area (Å²) in [6, 6.07) is 8.47. The van der Waals surface area contributed by atoms with Gasteiger partial charge in [-0.25, -0.2) is 0 Å². The molecule has 0 saturated heterocycles. The molecule has 114 valence electrons. The summed E-state index contributed by atoms with van der Waals surface area (Å²) in [7, 11) is 6.08. The Labute approximate surface area is 127 Å². The number of hydrogen-bond acceptors (Lipinski definition) is 3. The van der Waals surface area contributed by atoms with Crippen molar-refractivity contribution in [1.29, 1.82) is 0 Å². The second kappa shape index (κ2) is 5.80. The zero-order valence-electron chi connectivity index (χ0n) is 13.9. The highest BCUT2D eigenvalue weighted by Gasteiger charge is 2.21. The molecule has 0 saturated carbocycles. The molecule has 1 N–H and O–H groups in total. The normalized spacial score (nSPS) is 11.5. The van der Waals surface area contributed by atoms with E-state index in [1.807, 2.05) is 25.8 Å². The minimum Gasteiger partial charge on any atom is -0.381 e. The van der Waals surface area contributed by atoms with Crippen LogP contribution in [0.2, 0.25) is 0 Å². The monoisotopic (exact) mass is 286 g/mol. The molecule has 0 amide bonds. The maximum atomic E-state index is 4.60. The van der Waals surface area contributed by atoms with Crippen molar-refractivity contribution in [3.8, 4) is 0 Å². The number of hydrogen-bond donors (Lipinski definition) is 1. The van der Waals surface area contributed by atoms with Crippen LogP contribution in [0.5, 0.6) is 0 Å². The molecule has 0 aliphatic carbocycles. The summed E-state index contributed by atoms with van der Waals surface area (Å²) in [5, 5.41) is 8.08. The number of anilines is 2. The molecular formula is C17H26N4. The summed E-state index contributed by atoms with van der Waals surface area (Å²) in [5.41, 5.74) is 4.80. The summed E-state index contributed by atoms with van der Waals surface area (Å²) < 4.78 is 1.90. The molecule has 0 unspecified atom stereocenters. The van der Waals surface area contributed by atoms with Crippen LogP contribution in [-0.4, -0.2) is 23.9 Å². The van der Waals surface area contributed by atoms with Gasteiger partial charge in [0.05, 0.1) is 5.69 Å². The van der Waals surface area contributed by atoms with Crippen LogP contribution in [0.3, 0.4) is 0 Å². The highest BCUT2D eigenvalue weighted by Crippen LogP contribution is 2.25. The molecule has 1 aromatic carbocycles. The quantitative estimate of drug-likeness (QED) is 0.935. The Bertz CT molecular complexity index is 588. The predicted octanol–water partition coefficient (Wildman–Crippen LogP) is 3.40. The Morgan fingerprint density at radius 3 is 2.29 bits per heavy atom. The topological polar surface area (TPSA) is 33.1 Å². The summed E-state index contributed by atoms with van der Waals surface area (Å²) in [4.78, 5) is 2.10. The first kappa shape index (κ1) is 15.4. The molecule has 1 aromatic heterocycles. The van der Waals surface area contributed by atoms with Gasteiger partial charge in [0.25, 0.3) is 0 Å². The minimum atomic E-state index is 0.0626. The Morgan fingerprint density at radius 1 is 1.14 bits per heavy atom. The van der Waals surface area contributed by atoms with Gasteiger partial charge in [0.1, 0.15) is 0 Å². The van der Waals surface area contributed by atoms with E-state index < -0.39 is 0 Å². The van der Waals surface area contributed by atoms with Crippen molar-refractivity contribution in [2.75, 3.05) is 24.3 Å². The average molecular weight is 286 g/mol. The molecule has 0 spiro atoms. The van der Waals surface area contributed by atoms with Crippen LogP contribution in [0.25, 0.3) is 0 Å². The van der Waals surface area contributed by atoms with Gasteiger partial charge in [-0.2, -0.15) is 5.10 Å². The lowest BCUT2D eigenvalue weighted by molar-refractivity contribution is 0.549. The maximum absolute atomic E-state index is 4.60. The SMILES string of the molecule is CN(C)c1ccc(NCc2cn(C)nc2C(C)(C)C)cc1. The van der Waals surface area contributed by atoms with Crippen LogP contribution in [0.15, 0.2) is 30.5 Å². The van der Waals surface area contributed by atoms with E-state index in [9.17, 15) is 0 Å². The first-order valence-corrected chi connectivity index (χ1v) is 7.31. The fourth-order valence-electron chi connectivity index (χ4n) is 2.37. The standard InChI is InChI=1S/C17H26N4/c1-17(2,3)16-13(12-21(6)19-16)11-18-14-7-9-15(10-8-14)20(4)5/h7-10,12,18H,11H2,1-6H3. The smallest absolute Gasteiger partial charge is 0.0727 e. The van der Waals surface area contributed by atoms with Crippen molar-refractivity contribution in [1.82, 2.24) is 9.78 Å². The number of nitrogens with zero attached hydrogens (tertiary/aromatic N) is 3. The van der Waals surface area contributed by atoms with Crippen LogP contribution < -0.4 is 10.2 Å². The number of aryl methyl sites for hydroxylation is 1. The first-order chi connectivity index (χ1) is 9.77. The Balaban J connectivity index is 2.10. The second-order valence-corrected chi connectivity index (χ2v) is 6.72. The Hall–Kier alpha value is -1.97. The molecule has 0 bridgehead atoms. The highest BCUT2D eigenvalue weighted by molar-refractivity contribution is 5.54. The van der Waals surface area contributed by atoms with Gasteiger partial charge in [-0.15, -0.1) is 0 Å². The summed E-state index contributed by atoms with van der Waals surface area (Å²) in [6.45, 7) is 7.39. The van der Waals surface area contributed by atoms with E-state index in [-0.39, 0.29) is 5.41 Å². The van der Waals surface area contributed by atoms with Crippen LogP contribution in [0.1, 0.15) is 32.0 Å². The molecular weight excluding hydrogens is 260 g/mol. The lowest BCUT2D eigenvalue weighted by Gasteiger charge is -2.18. The van der Waals surface area contributed by atoms with Crippen LogP contribution >= 0.6 is 0 Å². The van der Waals surface area contributed by atoms with Crippen molar-refractivity contribution in [3.63, 3.8) is 0 Å². The third kappa shape index (κ3) is 3.78. The third-order valence-corrected chi connectivity index (χ3v) is 3.48. The molecule has 0 aliphatic heterocycles. The first-order valence-electron chi connectivity index (χ1n) is 7.31. The summed E-state index contributed by atoms with van der Waals surface area (Å²) in [6.07, 6.45) is 2.10. The number of benzene rings is 1. The minimum absolute atomic E-state index is 0.0626. The van der Waals surface area contributed by atoms with E-state index in [1.54, 1.807) is 0 Å². The average Bonchev–Trinajstić information content (AvgIpc) is 2.78. The van der Waals surface area contributed by atoms with E-state index in [2.05, 4.69) is 66.5 Å². The van der Waals surface area contributed by atoms with Crippen molar-refractivity contribution >= 4 is 11.4 Å². The molecule has 21 heavy (non-hydrogen) atoms. The lowest BCUT2D eigenvalue weighted by atomic mass is 9.89. The third-order valence-electron chi connectivity index (χ3n) is 3.48. The molecule has 0 aliphatic rings. The second-order valence-electron chi connectivity index (χ2n) is 6.72. The molecule has 0 fully saturated rings. The van der Waals surface area contributed by atoms with Gasteiger partial charge in [0.15, 0.2) is 0 Å². The van der Waals surface area contributed by atoms with E-state index >= 15 is 0 Å². The van der Waals surface area contributed by atoms with E-state index in [0.717, 1.165) is 17.9 Å². The fraction of sp³-hybridized carbons (Fsp3) is 0.471. The van der Waals surface area contributed by atoms with Gasteiger partial charge in [0.2, 0.25) is 0 Å². The van der Waals surface area contributed by atoms with Crippen LogP contribution in [0.4, 0.5) is 11.4 Å². The maximum Gasteiger partial charge on any atom is 0.0727 e. The molecule has 4 heteroatoms. The van der Waals surface area contributed by atoms with E-state index in [4.69, 9.17) is 0 Å². The van der Waals surface area contributed by atoms with Crippen molar-refractivity contribution in [2.24, 2.45) is 7.05 Å². The summed E-state index contributed by atoms with van der Waals surface area (Å²) >= 11 is 0. The zero-order chi connectivity index (χ0) is 15.6. The largest absolute Gasteiger partial charge is 0.381 e. The molecule has 4 nitrogen and oxygen atoms in total. The number of rotatable bonds is 4. The highest BCUT2D eigenvalue weighted by atomic mass is 15.3. The predicted molar refractivity (Wildman–Crippen MR) is 90.0 cm³/mol. The van der Waals surface area contributed by atoms with Gasteiger partial charge in [-0.05, 0) is 24.3 Å².